The van der Waals surface area contributed by atoms with E-state index in [1.807, 2.05) is 6.92 Å². The highest BCUT2D eigenvalue weighted by molar-refractivity contribution is 7.80. The third-order valence-corrected chi connectivity index (χ3v) is 1.26. The van der Waals surface area contributed by atoms with E-state index in [4.69, 9.17) is 0 Å². The number of aromatic nitrogens is 2. The molecule has 0 aliphatic heterocycles. The molecule has 1 aromatic heterocycles. The molecule has 38 valence electrons. The summed E-state index contributed by atoms with van der Waals surface area (Å²) < 4.78 is 0. The number of rotatable bonds is 0. The van der Waals surface area contributed by atoms with Gasteiger partial charge in [0.2, 0.25) is 0 Å². The van der Waals surface area contributed by atoms with E-state index in [0.29, 0.717) is 0 Å². The van der Waals surface area contributed by atoms with Crippen LogP contribution in [0, 0.1) is 6.92 Å². The van der Waals surface area contributed by atoms with E-state index < -0.39 is 0 Å². The molecule has 0 saturated heterocycles. The van der Waals surface area contributed by atoms with Crippen molar-refractivity contribution >= 4 is 12.6 Å². The number of thiol groups is 1. The summed E-state index contributed by atoms with van der Waals surface area (Å²) in [5.41, 5.74) is 0.948. The number of hydrogen-bond acceptors (Lipinski definition) is 2. The molecule has 0 radical (unpaired) electrons. The van der Waals surface area contributed by atoms with E-state index in [-0.39, 0.29) is 0 Å². The molecule has 0 bridgehead atoms. The van der Waals surface area contributed by atoms with Gasteiger partial charge in [0.15, 0.2) is 0 Å². The molecule has 7 heavy (non-hydrogen) atoms. The Labute approximate surface area is 47.3 Å². The summed E-state index contributed by atoms with van der Waals surface area (Å²) >= 11 is 4.06. The fraction of sp³-hybridized carbons (Fsp3) is 0.250. The molecule has 0 aliphatic carbocycles. The molecule has 0 atom stereocenters. The Bertz CT molecular complexity index is 142. The molecule has 0 unspecified atom stereocenters. The number of nitrogens with zero attached hydrogens (tertiary/aromatic N) is 1. The van der Waals surface area contributed by atoms with Crippen LogP contribution in [0.4, 0.5) is 0 Å². The van der Waals surface area contributed by atoms with Crippen molar-refractivity contribution in [2.45, 2.75) is 11.8 Å². The zero-order chi connectivity index (χ0) is 5.28. The van der Waals surface area contributed by atoms with E-state index in [9.17, 15) is 0 Å². The van der Waals surface area contributed by atoms with Crippen molar-refractivity contribution in [2.75, 3.05) is 0 Å². The predicted octanol–water partition coefficient (Wildman–Crippen LogP) is 1.01. The second-order valence-corrected chi connectivity index (χ2v) is 1.84. The molecule has 0 spiro atoms. The minimum absolute atomic E-state index is 0.917. The Balaban J connectivity index is 3.12. The monoisotopic (exact) mass is 114 g/mol. The van der Waals surface area contributed by atoms with Gasteiger partial charge in [0, 0.05) is 11.1 Å². The molecule has 1 aromatic rings. The van der Waals surface area contributed by atoms with E-state index in [1.54, 1.807) is 6.20 Å². The first-order chi connectivity index (χ1) is 3.30. The Morgan fingerprint density at radius 2 is 2.57 bits per heavy atom. The number of hydrogen-bond donors (Lipinski definition) is 2. The number of aromatic amines is 1. The second-order valence-electron chi connectivity index (χ2n) is 1.36. The quantitative estimate of drug-likeness (QED) is 0.484. The third kappa shape index (κ3) is 0.771. The Morgan fingerprint density at radius 3 is 2.71 bits per heavy atom. The minimum Gasteiger partial charge on any atom is -0.284 e. The van der Waals surface area contributed by atoms with Crippen molar-refractivity contribution in [1.29, 1.82) is 0 Å². The smallest absolute Gasteiger partial charge is 0.0724 e. The third-order valence-electron chi connectivity index (χ3n) is 0.804. The molecule has 0 amide bonds. The summed E-state index contributed by atoms with van der Waals surface area (Å²) in [6, 6.07) is 0. The normalized spacial score (nSPS) is 9.43. The van der Waals surface area contributed by atoms with E-state index in [2.05, 4.69) is 22.8 Å². The number of nitrogens with one attached hydrogen (secondary N) is 1. The number of aryl methyl sites for hydroxylation is 1. The Hall–Kier alpha value is -0.440. The van der Waals surface area contributed by atoms with Crippen LogP contribution in [0.3, 0.4) is 0 Å². The molecule has 0 aromatic carbocycles. The van der Waals surface area contributed by atoms with Gasteiger partial charge in [-0.25, -0.2) is 0 Å². The lowest BCUT2D eigenvalue weighted by molar-refractivity contribution is 1.04. The molecule has 1 rings (SSSR count). The van der Waals surface area contributed by atoms with Gasteiger partial charge in [0.05, 0.1) is 5.69 Å². The van der Waals surface area contributed by atoms with Gasteiger partial charge < -0.3 is 0 Å². The van der Waals surface area contributed by atoms with Crippen LogP contribution < -0.4 is 0 Å². The Morgan fingerprint density at radius 1 is 1.86 bits per heavy atom. The molecule has 3 heteroatoms. The van der Waals surface area contributed by atoms with Gasteiger partial charge in [-0.3, -0.25) is 5.10 Å². The summed E-state index contributed by atoms with van der Waals surface area (Å²) in [7, 11) is 0. The molecule has 0 fully saturated rings. The van der Waals surface area contributed by atoms with Crippen LogP contribution in [0.25, 0.3) is 0 Å². The van der Waals surface area contributed by atoms with E-state index in [1.165, 1.54) is 0 Å². The van der Waals surface area contributed by atoms with Crippen LogP contribution in [0.5, 0.6) is 0 Å². The van der Waals surface area contributed by atoms with Gasteiger partial charge in [-0.1, -0.05) is 0 Å². The summed E-state index contributed by atoms with van der Waals surface area (Å²) in [6.07, 6.45) is 1.75. The van der Waals surface area contributed by atoms with Crippen LogP contribution in [0.15, 0.2) is 11.1 Å². The van der Waals surface area contributed by atoms with Crippen molar-refractivity contribution in [3.8, 4) is 0 Å². The Kier molecular flexibility index (Phi) is 1.06. The first kappa shape index (κ1) is 4.71. The fourth-order valence-electron chi connectivity index (χ4n) is 0.352. The first-order valence-corrected chi connectivity index (χ1v) is 2.45. The summed E-state index contributed by atoms with van der Waals surface area (Å²) in [5.74, 6) is 0. The van der Waals surface area contributed by atoms with Crippen molar-refractivity contribution < 1.29 is 0 Å². The van der Waals surface area contributed by atoms with Crippen molar-refractivity contribution in [2.24, 2.45) is 0 Å². The first-order valence-electron chi connectivity index (χ1n) is 2.00. The predicted molar refractivity (Wildman–Crippen MR) is 30.6 cm³/mol. The molecule has 0 saturated carbocycles. The van der Waals surface area contributed by atoms with E-state index in [0.717, 1.165) is 10.6 Å². The van der Waals surface area contributed by atoms with Gasteiger partial charge in [0.25, 0.3) is 0 Å². The summed E-state index contributed by atoms with van der Waals surface area (Å²) in [5, 5.41) is 6.49. The van der Waals surface area contributed by atoms with E-state index >= 15 is 0 Å². The highest BCUT2D eigenvalue weighted by Gasteiger charge is 1.89. The topological polar surface area (TPSA) is 28.7 Å². The maximum absolute atomic E-state index is 4.06. The lowest BCUT2D eigenvalue weighted by Crippen LogP contribution is -1.67. The molecule has 1 heterocycles. The average molecular weight is 114 g/mol. The second kappa shape index (κ2) is 1.58. The van der Waals surface area contributed by atoms with Gasteiger partial charge in [-0.05, 0) is 6.92 Å². The van der Waals surface area contributed by atoms with Gasteiger partial charge in [-0.15, -0.1) is 12.6 Å². The van der Waals surface area contributed by atoms with Crippen LogP contribution in [0.1, 0.15) is 5.69 Å². The molecular weight excluding hydrogens is 108 g/mol. The fourth-order valence-corrected chi connectivity index (χ4v) is 0.460. The van der Waals surface area contributed by atoms with Crippen LogP contribution in [0.2, 0.25) is 0 Å². The van der Waals surface area contributed by atoms with Gasteiger partial charge in [0.1, 0.15) is 0 Å². The lowest BCUT2D eigenvalue weighted by atomic mass is 10.5. The van der Waals surface area contributed by atoms with Gasteiger partial charge in [-0.2, -0.15) is 5.10 Å². The molecular formula is C4H6N2S. The maximum atomic E-state index is 4.06. The zero-order valence-corrected chi connectivity index (χ0v) is 4.87. The maximum Gasteiger partial charge on any atom is 0.0724 e. The van der Waals surface area contributed by atoms with Crippen LogP contribution in [-0.2, 0) is 0 Å². The molecule has 2 nitrogen and oxygen atoms in total. The lowest BCUT2D eigenvalue weighted by Gasteiger charge is -1.75. The van der Waals surface area contributed by atoms with Crippen molar-refractivity contribution in [1.82, 2.24) is 10.2 Å². The highest BCUT2D eigenvalue weighted by atomic mass is 32.1. The molecule has 0 aliphatic rings. The summed E-state index contributed by atoms with van der Waals surface area (Å²) in [6.45, 7) is 1.90. The van der Waals surface area contributed by atoms with Crippen molar-refractivity contribution in [3.05, 3.63) is 11.9 Å². The SMILES string of the molecule is Cc1n[nH]cc1S. The standard InChI is InChI=1S/C4H6N2S/c1-3-4(7)2-5-6-3/h2,7H,1H3,(H,5,6). The van der Waals surface area contributed by atoms with Gasteiger partial charge >= 0.3 is 0 Å². The highest BCUT2D eigenvalue weighted by Crippen LogP contribution is 2.05. The minimum atomic E-state index is 0.917. The number of H-pyrrole nitrogens is 1. The zero-order valence-electron chi connectivity index (χ0n) is 3.97. The molecule has 1 N–H and O–H groups in total. The van der Waals surface area contributed by atoms with Crippen LogP contribution in [-0.4, -0.2) is 10.2 Å². The summed E-state index contributed by atoms with van der Waals surface area (Å²) in [4.78, 5) is 0.917. The largest absolute Gasteiger partial charge is 0.284 e. The van der Waals surface area contributed by atoms with Crippen LogP contribution >= 0.6 is 12.6 Å². The van der Waals surface area contributed by atoms with Crippen molar-refractivity contribution in [3.63, 3.8) is 0 Å². The average Bonchev–Trinajstić information content (AvgIpc) is 1.91.